The molecule has 4 rings (SSSR count). The van der Waals surface area contributed by atoms with Gasteiger partial charge in [-0.05, 0) is 74.4 Å². The van der Waals surface area contributed by atoms with Crippen molar-refractivity contribution in [1.29, 1.82) is 0 Å². The van der Waals surface area contributed by atoms with Crippen LogP contribution >= 0.6 is 0 Å². The lowest BCUT2D eigenvalue weighted by molar-refractivity contribution is -0.129. The molecule has 44 heavy (non-hydrogen) atoms. The second-order valence-corrected chi connectivity index (χ2v) is 10.5. The van der Waals surface area contributed by atoms with E-state index in [-0.39, 0.29) is 17.7 Å². The molecule has 0 aliphatic heterocycles. The lowest BCUT2D eigenvalue weighted by atomic mass is 10.1. The molecule has 0 saturated heterocycles. The molecule has 3 heterocycles. The molecule has 0 aliphatic rings. The molecule has 1 aromatic carbocycles. The molecular formula is C33H38N8O3. The highest BCUT2D eigenvalue weighted by Gasteiger charge is 2.17. The molecular weight excluding hydrogens is 556 g/mol. The number of benzene rings is 1. The SMILES string of the molecule is C[C@@H](N)C(=O)N[C@H](C)C(=O)NCCc1ccc(NC(=O)c2ccc(CN(Cc3ccccn3)Cc3ccccn3)nc2)cc1. The average Bonchev–Trinajstić information content (AvgIpc) is 3.03. The van der Waals surface area contributed by atoms with E-state index in [4.69, 9.17) is 5.73 Å². The maximum atomic E-state index is 12.9. The van der Waals surface area contributed by atoms with Crippen LogP contribution in [0.4, 0.5) is 5.69 Å². The Bertz CT molecular complexity index is 1460. The maximum Gasteiger partial charge on any atom is 0.257 e. The third-order valence-corrected chi connectivity index (χ3v) is 6.79. The van der Waals surface area contributed by atoms with Gasteiger partial charge in [-0.1, -0.05) is 24.3 Å². The summed E-state index contributed by atoms with van der Waals surface area (Å²) >= 11 is 0. The molecule has 0 radical (unpaired) electrons. The van der Waals surface area contributed by atoms with Crippen LogP contribution in [-0.4, -0.2) is 56.2 Å². The molecule has 5 N–H and O–H groups in total. The van der Waals surface area contributed by atoms with Crippen molar-refractivity contribution in [2.45, 2.75) is 52.0 Å². The van der Waals surface area contributed by atoms with E-state index >= 15 is 0 Å². The predicted molar refractivity (Wildman–Crippen MR) is 168 cm³/mol. The Balaban J connectivity index is 1.27. The van der Waals surface area contributed by atoms with E-state index in [1.54, 1.807) is 38.5 Å². The van der Waals surface area contributed by atoms with Crippen LogP contribution in [0, 0.1) is 0 Å². The van der Waals surface area contributed by atoms with Gasteiger partial charge in [0.05, 0.1) is 28.7 Å². The van der Waals surface area contributed by atoms with E-state index in [9.17, 15) is 14.4 Å². The molecule has 4 aromatic rings. The molecule has 3 amide bonds. The van der Waals surface area contributed by atoms with Crippen molar-refractivity contribution in [1.82, 2.24) is 30.5 Å². The van der Waals surface area contributed by atoms with E-state index in [0.29, 0.717) is 43.9 Å². The molecule has 11 heteroatoms. The smallest absolute Gasteiger partial charge is 0.257 e. The molecule has 0 bridgehead atoms. The van der Waals surface area contributed by atoms with E-state index in [0.717, 1.165) is 22.6 Å². The van der Waals surface area contributed by atoms with Gasteiger partial charge < -0.3 is 21.7 Å². The fraction of sp³-hybridized carbons (Fsp3) is 0.273. The maximum absolute atomic E-state index is 12.9. The Morgan fingerprint density at radius 1 is 0.773 bits per heavy atom. The van der Waals surface area contributed by atoms with Crippen molar-refractivity contribution in [3.63, 3.8) is 0 Å². The Hall–Kier alpha value is -5.00. The predicted octanol–water partition coefficient (Wildman–Crippen LogP) is 2.84. The van der Waals surface area contributed by atoms with Gasteiger partial charge in [0, 0.05) is 50.5 Å². The van der Waals surface area contributed by atoms with Crippen molar-refractivity contribution in [3.05, 3.63) is 120 Å². The molecule has 0 saturated carbocycles. The van der Waals surface area contributed by atoms with Crippen LogP contribution in [0.15, 0.2) is 91.4 Å². The topological polar surface area (TPSA) is 155 Å². The minimum Gasteiger partial charge on any atom is -0.354 e. The highest BCUT2D eigenvalue weighted by molar-refractivity contribution is 6.04. The zero-order valence-electron chi connectivity index (χ0n) is 24.9. The Labute approximate surface area is 257 Å². The number of carbonyl (C=O) groups excluding carboxylic acids is 3. The minimum absolute atomic E-state index is 0.259. The van der Waals surface area contributed by atoms with Gasteiger partial charge in [0.2, 0.25) is 11.8 Å². The van der Waals surface area contributed by atoms with E-state index in [2.05, 4.69) is 35.8 Å². The third-order valence-electron chi connectivity index (χ3n) is 6.79. The lowest BCUT2D eigenvalue weighted by Gasteiger charge is -2.21. The fourth-order valence-corrected chi connectivity index (χ4v) is 4.34. The summed E-state index contributed by atoms with van der Waals surface area (Å²) in [7, 11) is 0. The van der Waals surface area contributed by atoms with Gasteiger partial charge in [-0.2, -0.15) is 0 Å². The first-order chi connectivity index (χ1) is 21.3. The van der Waals surface area contributed by atoms with Gasteiger partial charge in [-0.25, -0.2) is 0 Å². The molecule has 2 atom stereocenters. The van der Waals surface area contributed by atoms with Gasteiger partial charge >= 0.3 is 0 Å². The number of anilines is 1. The summed E-state index contributed by atoms with van der Waals surface area (Å²) in [6.45, 7) is 5.41. The first kappa shape index (κ1) is 31.9. The van der Waals surface area contributed by atoms with E-state index in [1.807, 2.05) is 66.7 Å². The number of nitrogens with two attached hydrogens (primary N) is 1. The van der Waals surface area contributed by atoms with Crippen molar-refractivity contribution < 1.29 is 14.4 Å². The highest BCUT2D eigenvalue weighted by atomic mass is 16.2. The highest BCUT2D eigenvalue weighted by Crippen LogP contribution is 2.14. The molecule has 3 aromatic heterocycles. The normalized spacial score (nSPS) is 12.3. The van der Waals surface area contributed by atoms with Crippen molar-refractivity contribution in [2.75, 3.05) is 11.9 Å². The number of pyridine rings is 3. The molecule has 11 nitrogen and oxygen atoms in total. The Kier molecular flexibility index (Phi) is 11.6. The average molecular weight is 595 g/mol. The van der Waals surface area contributed by atoms with Crippen LogP contribution in [0.1, 0.15) is 46.9 Å². The van der Waals surface area contributed by atoms with Crippen LogP contribution < -0.4 is 21.7 Å². The number of hydrogen-bond acceptors (Lipinski definition) is 8. The number of nitrogens with zero attached hydrogens (tertiary/aromatic N) is 4. The van der Waals surface area contributed by atoms with Crippen molar-refractivity contribution in [3.8, 4) is 0 Å². The summed E-state index contributed by atoms with van der Waals surface area (Å²) in [4.78, 5) is 52.4. The summed E-state index contributed by atoms with van der Waals surface area (Å²) in [5.74, 6) is -0.917. The summed E-state index contributed by atoms with van der Waals surface area (Å²) < 4.78 is 0. The number of rotatable bonds is 14. The van der Waals surface area contributed by atoms with Crippen LogP contribution in [0.3, 0.4) is 0 Å². The Morgan fingerprint density at radius 2 is 1.39 bits per heavy atom. The molecule has 0 unspecified atom stereocenters. The zero-order chi connectivity index (χ0) is 31.3. The van der Waals surface area contributed by atoms with Crippen LogP contribution in [0.25, 0.3) is 0 Å². The first-order valence-electron chi connectivity index (χ1n) is 14.5. The largest absolute Gasteiger partial charge is 0.354 e. The van der Waals surface area contributed by atoms with Crippen molar-refractivity contribution >= 4 is 23.4 Å². The first-order valence-corrected chi connectivity index (χ1v) is 14.5. The van der Waals surface area contributed by atoms with Gasteiger partial charge in [0.15, 0.2) is 0 Å². The fourth-order valence-electron chi connectivity index (χ4n) is 4.34. The molecule has 228 valence electrons. The second kappa shape index (κ2) is 16.0. The number of amides is 3. The standard InChI is InChI=1S/C33H38N8O3/c1-23(34)31(42)39-24(2)32(43)37-18-15-25-9-12-27(13-10-25)40-33(44)26-11-14-30(38-19-26)22-41(20-28-7-3-5-16-35-28)21-29-8-4-6-17-36-29/h3-14,16-17,19,23-24H,15,18,20-22,34H2,1-2H3,(H,37,43)(H,39,42)(H,40,44)/t23-,24-/m1/s1. The van der Waals surface area contributed by atoms with Crippen LogP contribution in [0.5, 0.6) is 0 Å². The third kappa shape index (κ3) is 10.1. The second-order valence-electron chi connectivity index (χ2n) is 10.5. The summed E-state index contributed by atoms with van der Waals surface area (Å²) in [6, 6.07) is 21.4. The van der Waals surface area contributed by atoms with Gasteiger partial charge in [0.1, 0.15) is 6.04 Å². The number of nitrogens with one attached hydrogen (secondary N) is 3. The van der Waals surface area contributed by atoms with Crippen LogP contribution in [0.2, 0.25) is 0 Å². The molecule has 0 fully saturated rings. The number of aromatic nitrogens is 3. The van der Waals surface area contributed by atoms with Crippen LogP contribution in [-0.2, 0) is 35.6 Å². The van der Waals surface area contributed by atoms with Gasteiger partial charge in [-0.15, -0.1) is 0 Å². The summed E-state index contributed by atoms with van der Waals surface area (Å²) in [5, 5.41) is 8.27. The Morgan fingerprint density at radius 3 is 1.91 bits per heavy atom. The van der Waals surface area contributed by atoms with Crippen molar-refractivity contribution in [2.24, 2.45) is 5.73 Å². The number of hydrogen-bond donors (Lipinski definition) is 4. The quantitative estimate of drug-likeness (QED) is 0.174. The monoisotopic (exact) mass is 594 g/mol. The molecule has 0 spiro atoms. The summed E-state index contributed by atoms with van der Waals surface area (Å²) in [6.07, 6.45) is 5.74. The zero-order valence-corrected chi connectivity index (χ0v) is 24.9. The van der Waals surface area contributed by atoms with E-state index in [1.165, 1.54) is 0 Å². The number of carbonyl (C=O) groups is 3. The minimum atomic E-state index is -0.679. The van der Waals surface area contributed by atoms with E-state index < -0.39 is 12.1 Å². The lowest BCUT2D eigenvalue weighted by Crippen LogP contribution is -2.49. The van der Waals surface area contributed by atoms with Gasteiger partial charge in [0.25, 0.3) is 5.91 Å². The molecule has 0 aliphatic carbocycles. The van der Waals surface area contributed by atoms with Gasteiger partial charge in [-0.3, -0.25) is 34.2 Å². The summed E-state index contributed by atoms with van der Waals surface area (Å²) in [5.41, 5.74) is 10.3.